The Labute approximate surface area is 160 Å². The molecule has 0 bridgehead atoms. The maximum absolute atomic E-state index is 5.83. The number of ether oxygens (including phenoxy) is 2. The number of hydrogen-bond donors (Lipinski definition) is 1. The molecular weight excluding hydrogens is 434 g/mol. The summed E-state index contributed by atoms with van der Waals surface area (Å²) in [6.45, 7) is 3.00. The van der Waals surface area contributed by atoms with Gasteiger partial charge in [0.1, 0.15) is 12.4 Å². The lowest BCUT2D eigenvalue weighted by atomic mass is 9.82. The van der Waals surface area contributed by atoms with Crippen molar-refractivity contribution in [2.75, 3.05) is 26.4 Å². The van der Waals surface area contributed by atoms with Crippen molar-refractivity contribution in [3.8, 4) is 5.75 Å². The van der Waals surface area contributed by atoms with Crippen LogP contribution in [-0.4, -0.2) is 26.4 Å². The summed E-state index contributed by atoms with van der Waals surface area (Å²) in [5.74, 6) is 0.892. The van der Waals surface area contributed by atoms with Gasteiger partial charge in [-0.3, -0.25) is 0 Å². The number of benzene rings is 2. The first kappa shape index (κ1) is 17.9. The number of rotatable bonds is 6. The molecule has 0 amide bonds. The molecule has 1 fully saturated rings. The van der Waals surface area contributed by atoms with E-state index in [2.05, 4.69) is 61.4 Å². The molecule has 128 valence electrons. The van der Waals surface area contributed by atoms with Gasteiger partial charge in [-0.1, -0.05) is 44.0 Å². The predicted molar refractivity (Wildman–Crippen MR) is 104 cm³/mol. The SMILES string of the molecule is Brc1ccc(OCCNC2(c3cccc(Br)c3)CCOCC2)cc1. The topological polar surface area (TPSA) is 30.5 Å². The third-order valence-corrected chi connectivity index (χ3v) is 5.39. The standard InChI is InChI=1S/C19H21Br2NO2/c20-16-4-6-18(7-5-16)24-13-10-22-19(8-11-23-12-9-19)15-2-1-3-17(21)14-15/h1-7,14,22H,8-13H2. The first-order valence-corrected chi connectivity index (χ1v) is 9.74. The van der Waals surface area contributed by atoms with Crippen LogP contribution in [0, 0.1) is 0 Å². The summed E-state index contributed by atoms with van der Waals surface area (Å²) in [6.07, 6.45) is 1.95. The Bertz CT molecular complexity index is 655. The molecular formula is C19H21Br2NO2. The largest absolute Gasteiger partial charge is 0.492 e. The molecule has 0 aliphatic carbocycles. The van der Waals surface area contributed by atoms with Gasteiger partial charge in [-0.25, -0.2) is 0 Å². The van der Waals surface area contributed by atoms with Gasteiger partial charge in [-0.2, -0.15) is 0 Å². The van der Waals surface area contributed by atoms with Gasteiger partial charge in [0.05, 0.1) is 0 Å². The minimum absolute atomic E-state index is 0.0366. The maximum atomic E-state index is 5.83. The lowest BCUT2D eigenvalue weighted by molar-refractivity contribution is 0.0352. The highest BCUT2D eigenvalue weighted by molar-refractivity contribution is 9.10. The number of nitrogens with one attached hydrogen (secondary N) is 1. The summed E-state index contributed by atoms with van der Waals surface area (Å²) < 4.78 is 13.6. The van der Waals surface area contributed by atoms with Gasteiger partial charge in [0.15, 0.2) is 0 Å². The van der Waals surface area contributed by atoms with E-state index in [1.807, 2.05) is 24.3 Å². The second-order valence-electron chi connectivity index (χ2n) is 5.93. The van der Waals surface area contributed by atoms with Gasteiger partial charge in [-0.15, -0.1) is 0 Å². The van der Waals surface area contributed by atoms with Crippen LogP contribution < -0.4 is 10.1 Å². The van der Waals surface area contributed by atoms with Crippen LogP contribution in [0.1, 0.15) is 18.4 Å². The fraction of sp³-hybridized carbons (Fsp3) is 0.368. The van der Waals surface area contributed by atoms with E-state index in [-0.39, 0.29) is 5.54 Å². The third kappa shape index (κ3) is 4.60. The van der Waals surface area contributed by atoms with Crippen molar-refractivity contribution in [3.05, 3.63) is 63.0 Å². The van der Waals surface area contributed by atoms with E-state index in [1.165, 1.54) is 5.56 Å². The first-order valence-electron chi connectivity index (χ1n) is 8.15. The molecule has 2 aromatic rings. The van der Waals surface area contributed by atoms with Crippen LogP contribution in [0.15, 0.2) is 57.5 Å². The summed E-state index contributed by atoms with van der Waals surface area (Å²) in [5, 5.41) is 3.73. The Kier molecular flexibility index (Phi) is 6.33. The zero-order chi connectivity index (χ0) is 16.8. The molecule has 0 radical (unpaired) electrons. The van der Waals surface area contributed by atoms with Crippen molar-refractivity contribution in [1.82, 2.24) is 5.32 Å². The Hall–Kier alpha value is -0.880. The molecule has 1 heterocycles. The molecule has 1 aliphatic heterocycles. The van der Waals surface area contributed by atoms with Crippen LogP contribution in [0.5, 0.6) is 5.75 Å². The van der Waals surface area contributed by atoms with Crippen LogP contribution in [0.25, 0.3) is 0 Å². The van der Waals surface area contributed by atoms with E-state index < -0.39 is 0 Å². The zero-order valence-corrected chi connectivity index (χ0v) is 16.6. The van der Waals surface area contributed by atoms with Crippen LogP contribution in [0.4, 0.5) is 0 Å². The molecule has 3 nitrogen and oxygen atoms in total. The van der Waals surface area contributed by atoms with Crippen LogP contribution in [0.2, 0.25) is 0 Å². The van der Waals surface area contributed by atoms with E-state index in [9.17, 15) is 0 Å². The minimum atomic E-state index is -0.0366. The van der Waals surface area contributed by atoms with Crippen molar-refractivity contribution in [1.29, 1.82) is 0 Å². The smallest absolute Gasteiger partial charge is 0.119 e. The highest BCUT2D eigenvalue weighted by atomic mass is 79.9. The molecule has 2 aromatic carbocycles. The molecule has 1 aliphatic rings. The molecule has 0 saturated carbocycles. The Morgan fingerprint density at radius 2 is 1.75 bits per heavy atom. The Balaban J connectivity index is 1.61. The molecule has 1 saturated heterocycles. The highest BCUT2D eigenvalue weighted by Crippen LogP contribution is 2.33. The maximum Gasteiger partial charge on any atom is 0.119 e. The van der Waals surface area contributed by atoms with E-state index in [4.69, 9.17) is 9.47 Å². The van der Waals surface area contributed by atoms with Gasteiger partial charge in [0, 0.05) is 34.2 Å². The second-order valence-corrected chi connectivity index (χ2v) is 7.77. The van der Waals surface area contributed by atoms with Crippen molar-refractivity contribution in [3.63, 3.8) is 0 Å². The van der Waals surface area contributed by atoms with E-state index >= 15 is 0 Å². The van der Waals surface area contributed by atoms with Gasteiger partial charge in [-0.05, 0) is 54.8 Å². The first-order chi connectivity index (χ1) is 11.7. The molecule has 0 aromatic heterocycles. The molecule has 3 rings (SSSR count). The summed E-state index contributed by atoms with van der Waals surface area (Å²) in [4.78, 5) is 0. The fourth-order valence-electron chi connectivity index (χ4n) is 3.06. The van der Waals surface area contributed by atoms with E-state index in [1.54, 1.807) is 0 Å². The number of hydrogen-bond acceptors (Lipinski definition) is 3. The highest BCUT2D eigenvalue weighted by Gasteiger charge is 2.33. The quantitative estimate of drug-likeness (QED) is 0.630. The van der Waals surface area contributed by atoms with Gasteiger partial charge >= 0.3 is 0 Å². The Morgan fingerprint density at radius 1 is 1.00 bits per heavy atom. The van der Waals surface area contributed by atoms with Crippen LogP contribution in [0.3, 0.4) is 0 Å². The van der Waals surface area contributed by atoms with Gasteiger partial charge in [0.25, 0.3) is 0 Å². The average Bonchev–Trinajstić information content (AvgIpc) is 2.61. The lowest BCUT2D eigenvalue weighted by Crippen LogP contribution is -2.48. The van der Waals surface area contributed by atoms with Gasteiger partial charge in [0.2, 0.25) is 0 Å². The normalized spacial score (nSPS) is 16.8. The zero-order valence-electron chi connectivity index (χ0n) is 13.4. The van der Waals surface area contributed by atoms with Crippen molar-refractivity contribution < 1.29 is 9.47 Å². The molecule has 0 unspecified atom stereocenters. The van der Waals surface area contributed by atoms with Crippen molar-refractivity contribution in [2.45, 2.75) is 18.4 Å². The molecule has 24 heavy (non-hydrogen) atoms. The second kappa shape index (κ2) is 8.48. The van der Waals surface area contributed by atoms with E-state index in [0.717, 1.165) is 47.3 Å². The van der Waals surface area contributed by atoms with E-state index in [0.29, 0.717) is 6.61 Å². The van der Waals surface area contributed by atoms with Crippen molar-refractivity contribution >= 4 is 31.9 Å². The summed E-state index contributed by atoms with van der Waals surface area (Å²) in [7, 11) is 0. The van der Waals surface area contributed by atoms with Crippen LogP contribution in [-0.2, 0) is 10.3 Å². The summed E-state index contributed by atoms with van der Waals surface area (Å²) in [5.41, 5.74) is 1.27. The Morgan fingerprint density at radius 3 is 2.46 bits per heavy atom. The average molecular weight is 455 g/mol. The van der Waals surface area contributed by atoms with Crippen molar-refractivity contribution in [2.24, 2.45) is 0 Å². The summed E-state index contributed by atoms with van der Waals surface area (Å²) >= 11 is 7.02. The number of halogens is 2. The van der Waals surface area contributed by atoms with Gasteiger partial charge < -0.3 is 14.8 Å². The monoisotopic (exact) mass is 453 g/mol. The molecule has 5 heteroatoms. The molecule has 0 spiro atoms. The molecule has 1 N–H and O–H groups in total. The summed E-state index contributed by atoms with van der Waals surface area (Å²) in [6, 6.07) is 16.5. The lowest BCUT2D eigenvalue weighted by Gasteiger charge is -2.39. The fourth-order valence-corrected chi connectivity index (χ4v) is 3.73. The van der Waals surface area contributed by atoms with Crippen LogP contribution >= 0.6 is 31.9 Å². The third-order valence-electron chi connectivity index (χ3n) is 4.37. The minimum Gasteiger partial charge on any atom is -0.492 e. The predicted octanol–water partition coefficient (Wildman–Crippen LogP) is 4.89. The molecule has 0 atom stereocenters.